The van der Waals surface area contributed by atoms with Crippen molar-refractivity contribution in [3.05, 3.63) is 12.2 Å². The maximum absolute atomic E-state index is 11.6. The number of rotatable bonds is 4. The molecule has 2 aliphatic rings. The largest absolute Gasteiger partial charge is 0.463 e. The van der Waals surface area contributed by atoms with E-state index >= 15 is 0 Å². The molecule has 1 aliphatic heterocycles. The zero-order valence-electron chi connectivity index (χ0n) is 8.43. The van der Waals surface area contributed by atoms with Crippen LogP contribution in [0.4, 0.5) is 0 Å². The molecule has 3 atom stereocenters. The monoisotopic (exact) mass is 210 g/mol. The molecule has 0 aromatic rings. The standard InChI is InChI=1S/C11H14O4/c12-5-8-3-1-2-4-10(8)11(13)15-7-9-6-14-9/h1-2,5,8-10H,3-4,6-7H2. The molecular weight excluding hydrogens is 196 g/mol. The van der Waals surface area contributed by atoms with Gasteiger partial charge in [0.05, 0.1) is 12.5 Å². The van der Waals surface area contributed by atoms with Gasteiger partial charge in [0.15, 0.2) is 0 Å². The Hall–Kier alpha value is -1.16. The number of epoxide rings is 1. The lowest BCUT2D eigenvalue weighted by atomic mass is 9.84. The van der Waals surface area contributed by atoms with Gasteiger partial charge in [-0.05, 0) is 12.8 Å². The van der Waals surface area contributed by atoms with E-state index in [1.54, 1.807) is 0 Å². The Labute approximate surface area is 88.2 Å². The highest BCUT2D eigenvalue weighted by Crippen LogP contribution is 2.25. The number of carbonyl (C=O) groups excluding carboxylic acids is 2. The van der Waals surface area contributed by atoms with Crippen molar-refractivity contribution in [2.75, 3.05) is 13.2 Å². The lowest BCUT2D eigenvalue weighted by Crippen LogP contribution is -2.29. The fourth-order valence-corrected chi connectivity index (χ4v) is 1.70. The molecule has 0 aromatic heterocycles. The van der Waals surface area contributed by atoms with Gasteiger partial charge in [0, 0.05) is 5.92 Å². The molecule has 2 rings (SSSR count). The summed E-state index contributed by atoms with van der Waals surface area (Å²) in [6.07, 6.45) is 6.05. The van der Waals surface area contributed by atoms with Crippen molar-refractivity contribution in [3.63, 3.8) is 0 Å². The summed E-state index contributed by atoms with van der Waals surface area (Å²) in [5.41, 5.74) is 0. The fraction of sp³-hybridized carbons (Fsp3) is 0.636. The second kappa shape index (κ2) is 4.57. The first kappa shape index (κ1) is 10.4. The topological polar surface area (TPSA) is 55.9 Å². The molecular formula is C11H14O4. The van der Waals surface area contributed by atoms with Crippen molar-refractivity contribution in [3.8, 4) is 0 Å². The van der Waals surface area contributed by atoms with E-state index in [1.807, 2.05) is 12.2 Å². The lowest BCUT2D eigenvalue weighted by molar-refractivity contribution is -0.152. The van der Waals surface area contributed by atoms with Crippen molar-refractivity contribution in [1.29, 1.82) is 0 Å². The van der Waals surface area contributed by atoms with Crippen LogP contribution in [0.2, 0.25) is 0 Å². The predicted octanol–water partition coefficient (Wildman–Crippen LogP) is 0.710. The number of ether oxygens (including phenoxy) is 2. The number of carbonyl (C=O) groups is 2. The molecule has 0 radical (unpaired) electrons. The molecule has 82 valence electrons. The molecule has 3 unspecified atom stereocenters. The number of allylic oxidation sites excluding steroid dienone is 2. The van der Waals surface area contributed by atoms with Crippen molar-refractivity contribution < 1.29 is 19.1 Å². The predicted molar refractivity (Wildman–Crippen MR) is 52.1 cm³/mol. The van der Waals surface area contributed by atoms with Crippen LogP contribution in [0.1, 0.15) is 12.8 Å². The molecule has 0 N–H and O–H groups in total. The van der Waals surface area contributed by atoms with E-state index in [0.29, 0.717) is 26.1 Å². The van der Waals surface area contributed by atoms with Gasteiger partial charge in [-0.3, -0.25) is 4.79 Å². The third kappa shape index (κ3) is 2.65. The van der Waals surface area contributed by atoms with Crippen LogP contribution < -0.4 is 0 Å². The molecule has 0 spiro atoms. The van der Waals surface area contributed by atoms with Crippen LogP contribution in [0.5, 0.6) is 0 Å². The van der Waals surface area contributed by atoms with E-state index in [2.05, 4.69) is 0 Å². The van der Waals surface area contributed by atoms with Crippen LogP contribution in [0.15, 0.2) is 12.2 Å². The summed E-state index contributed by atoms with van der Waals surface area (Å²) in [5.74, 6) is -0.791. The molecule has 1 fully saturated rings. The van der Waals surface area contributed by atoms with Crippen molar-refractivity contribution in [2.24, 2.45) is 11.8 Å². The number of aldehydes is 1. The van der Waals surface area contributed by atoms with Gasteiger partial charge < -0.3 is 14.3 Å². The quantitative estimate of drug-likeness (QED) is 0.297. The second-order valence-electron chi connectivity index (χ2n) is 3.93. The molecule has 1 heterocycles. The van der Waals surface area contributed by atoms with Gasteiger partial charge in [-0.2, -0.15) is 0 Å². The Balaban J connectivity index is 1.85. The van der Waals surface area contributed by atoms with Gasteiger partial charge in [-0.25, -0.2) is 0 Å². The summed E-state index contributed by atoms with van der Waals surface area (Å²) < 4.78 is 10.0. The lowest BCUT2D eigenvalue weighted by Gasteiger charge is -2.21. The van der Waals surface area contributed by atoms with Crippen LogP contribution in [0.25, 0.3) is 0 Å². The highest BCUT2D eigenvalue weighted by atomic mass is 16.6. The normalized spacial score (nSPS) is 33.5. The SMILES string of the molecule is O=CC1CC=CCC1C(=O)OCC1CO1. The molecule has 4 heteroatoms. The maximum atomic E-state index is 11.6. The minimum Gasteiger partial charge on any atom is -0.463 e. The molecule has 0 amide bonds. The van der Waals surface area contributed by atoms with E-state index in [0.717, 1.165) is 6.29 Å². The smallest absolute Gasteiger partial charge is 0.310 e. The summed E-state index contributed by atoms with van der Waals surface area (Å²) in [6.45, 7) is 1.000. The average Bonchev–Trinajstić information content (AvgIpc) is 3.09. The van der Waals surface area contributed by atoms with E-state index in [4.69, 9.17) is 9.47 Å². The van der Waals surface area contributed by atoms with Crippen molar-refractivity contribution >= 4 is 12.3 Å². The first-order chi connectivity index (χ1) is 7.31. The summed E-state index contributed by atoms with van der Waals surface area (Å²) in [5, 5.41) is 0. The van der Waals surface area contributed by atoms with Gasteiger partial charge in [0.25, 0.3) is 0 Å². The molecule has 0 saturated carbocycles. The van der Waals surface area contributed by atoms with E-state index in [9.17, 15) is 9.59 Å². The highest BCUT2D eigenvalue weighted by Gasteiger charge is 2.32. The van der Waals surface area contributed by atoms with Crippen LogP contribution in [-0.2, 0) is 19.1 Å². The molecule has 1 saturated heterocycles. The van der Waals surface area contributed by atoms with E-state index < -0.39 is 0 Å². The zero-order chi connectivity index (χ0) is 10.7. The van der Waals surface area contributed by atoms with Gasteiger partial charge in [0.1, 0.15) is 19.0 Å². The minimum absolute atomic E-state index is 0.0859. The van der Waals surface area contributed by atoms with Gasteiger partial charge >= 0.3 is 5.97 Å². The molecule has 15 heavy (non-hydrogen) atoms. The van der Waals surface area contributed by atoms with Crippen molar-refractivity contribution in [1.82, 2.24) is 0 Å². The van der Waals surface area contributed by atoms with E-state index in [-0.39, 0.29) is 23.9 Å². The van der Waals surface area contributed by atoms with Crippen LogP contribution >= 0.6 is 0 Å². The number of esters is 1. The molecule has 1 aliphatic carbocycles. The van der Waals surface area contributed by atoms with Gasteiger partial charge in [0.2, 0.25) is 0 Å². The van der Waals surface area contributed by atoms with Gasteiger partial charge in [-0.15, -0.1) is 0 Å². The summed E-state index contributed by atoms with van der Waals surface area (Å²) in [6, 6.07) is 0. The summed E-state index contributed by atoms with van der Waals surface area (Å²) in [7, 11) is 0. The highest BCUT2D eigenvalue weighted by molar-refractivity contribution is 5.77. The summed E-state index contributed by atoms with van der Waals surface area (Å²) in [4.78, 5) is 22.4. The first-order valence-electron chi connectivity index (χ1n) is 5.20. The number of hydrogen-bond acceptors (Lipinski definition) is 4. The van der Waals surface area contributed by atoms with Crippen LogP contribution in [0.3, 0.4) is 0 Å². The van der Waals surface area contributed by atoms with Crippen LogP contribution in [-0.4, -0.2) is 31.6 Å². The molecule has 4 nitrogen and oxygen atoms in total. The molecule has 0 aromatic carbocycles. The van der Waals surface area contributed by atoms with E-state index in [1.165, 1.54) is 0 Å². The third-order valence-electron chi connectivity index (χ3n) is 2.77. The Morgan fingerprint density at radius 2 is 2.20 bits per heavy atom. The van der Waals surface area contributed by atoms with Crippen molar-refractivity contribution in [2.45, 2.75) is 18.9 Å². The molecule has 0 bridgehead atoms. The van der Waals surface area contributed by atoms with Gasteiger partial charge in [-0.1, -0.05) is 12.2 Å². The maximum Gasteiger partial charge on any atom is 0.310 e. The summed E-state index contributed by atoms with van der Waals surface area (Å²) >= 11 is 0. The second-order valence-corrected chi connectivity index (χ2v) is 3.93. The van der Waals surface area contributed by atoms with Crippen LogP contribution in [0, 0.1) is 11.8 Å². The Morgan fingerprint density at radius 1 is 1.47 bits per heavy atom. The minimum atomic E-state index is -0.300. The third-order valence-corrected chi connectivity index (χ3v) is 2.77. The first-order valence-corrected chi connectivity index (χ1v) is 5.20. The Morgan fingerprint density at radius 3 is 2.87 bits per heavy atom. The average molecular weight is 210 g/mol. The number of hydrogen-bond donors (Lipinski definition) is 0. The Bertz CT molecular complexity index is 280. The Kier molecular flexibility index (Phi) is 3.16. The fourth-order valence-electron chi connectivity index (χ4n) is 1.70. The zero-order valence-corrected chi connectivity index (χ0v) is 8.43.